The van der Waals surface area contributed by atoms with E-state index >= 15 is 0 Å². The van der Waals surface area contributed by atoms with Crippen molar-refractivity contribution in [1.82, 2.24) is 5.32 Å². The number of rotatable bonds is 5. The van der Waals surface area contributed by atoms with Gasteiger partial charge >= 0.3 is 0 Å². The Morgan fingerprint density at radius 2 is 1.43 bits per heavy atom. The Labute approximate surface area is 239 Å². The topological polar surface area (TPSA) is 12.0 Å². The smallest absolute Gasteiger partial charge is 0.00391 e. The fourth-order valence-electron chi connectivity index (χ4n) is 5.17. The highest BCUT2D eigenvalue weighted by atomic mass is 14.9. The fourth-order valence-corrected chi connectivity index (χ4v) is 5.17. The summed E-state index contributed by atoms with van der Waals surface area (Å²) in [6.07, 6.45) is 8.00. The molecule has 0 amide bonds. The summed E-state index contributed by atoms with van der Waals surface area (Å²) in [5.41, 5.74) is 7.65. The van der Waals surface area contributed by atoms with Crippen molar-refractivity contribution in [3.05, 3.63) is 148 Å². The Hall–Kier alpha value is -4.20. The van der Waals surface area contributed by atoms with Gasteiger partial charge in [-0.25, -0.2) is 0 Å². The molecular formula is C39H39N. The van der Waals surface area contributed by atoms with Crippen LogP contribution in [0.3, 0.4) is 0 Å². The average Bonchev–Trinajstić information content (AvgIpc) is 3.48. The first kappa shape index (κ1) is 27.4. The van der Waals surface area contributed by atoms with Crippen LogP contribution in [0.15, 0.2) is 121 Å². The number of nitrogens with one attached hydrogen (secondary N) is 1. The summed E-state index contributed by atoms with van der Waals surface area (Å²) >= 11 is 0. The molecule has 1 fully saturated rings. The molecule has 5 aromatic carbocycles. The number of allylic oxidation sites excluding steroid dienone is 2. The van der Waals surface area contributed by atoms with E-state index in [1.54, 1.807) is 0 Å². The minimum Gasteiger partial charge on any atom is -0.314 e. The highest BCUT2D eigenvalue weighted by Crippen LogP contribution is 2.25. The largest absolute Gasteiger partial charge is 0.314 e. The minimum atomic E-state index is 0.796. The van der Waals surface area contributed by atoms with E-state index in [4.69, 9.17) is 0 Å². The average molecular weight is 522 g/mol. The first-order chi connectivity index (χ1) is 19.5. The van der Waals surface area contributed by atoms with Crippen LogP contribution in [0, 0.1) is 0 Å². The van der Waals surface area contributed by atoms with Crippen LogP contribution in [-0.4, -0.2) is 12.6 Å². The van der Waals surface area contributed by atoms with E-state index in [0.29, 0.717) is 0 Å². The third-order valence-electron chi connectivity index (χ3n) is 7.73. The summed E-state index contributed by atoms with van der Waals surface area (Å²) in [6, 6.07) is 42.1. The summed E-state index contributed by atoms with van der Waals surface area (Å²) in [5.74, 6) is 0. The number of hydrogen-bond acceptors (Lipinski definition) is 1. The van der Waals surface area contributed by atoms with Crippen molar-refractivity contribution in [1.29, 1.82) is 0 Å². The van der Waals surface area contributed by atoms with Gasteiger partial charge in [0.15, 0.2) is 0 Å². The van der Waals surface area contributed by atoms with Gasteiger partial charge in [0.1, 0.15) is 0 Å². The standard InChI is InChI=1S/C34H28.C5H11N/c1-25-7-3-4-8-29(25)16-11-26(2)30-17-12-27(13-18-30)23-28-14-19-32(20-15-28)34-22-21-31-9-5-6-10-33(31)24-34;1-5-3-2-4-6-5/h3-22,24H,1,23H2,2H3;5-6H,2-4H2,1H3/b26-11+,29-16-;/t;5-/m.1/s1. The van der Waals surface area contributed by atoms with E-state index in [2.05, 4.69) is 135 Å². The van der Waals surface area contributed by atoms with E-state index in [0.717, 1.165) is 22.9 Å². The van der Waals surface area contributed by atoms with Crippen molar-refractivity contribution >= 4 is 29.0 Å². The molecule has 6 rings (SSSR count). The molecule has 0 bridgehead atoms. The molecule has 0 unspecified atom stereocenters. The molecule has 1 heterocycles. The molecule has 1 N–H and O–H groups in total. The highest BCUT2D eigenvalue weighted by molar-refractivity contribution is 5.87. The zero-order chi connectivity index (χ0) is 27.7. The number of benzene rings is 5. The quantitative estimate of drug-likeness (QED) is 0.246. The zero-order valence-corrected chi connectivity index (χ0v) is 23.7. The Morgan fingerprint density at radius 1 is 0.775 bits per heavy atom. The molecule has 0 aromatic heterocycles. The van der Waals surface area contributed by atoms with Gasteiger partial charge in [-0.15, -0.1) is 0 Å². The van der Waals surface area contributed by atoms with Gasteiger partial charge in [-0.05, 0) is 100 Å². The van der Waals surface area contributed by atoms with Gasteiger partial charge in [0.25, 0.3) is 0 Å². The van der Waals surface area contributed by atoms with Gasteiger partial charge in [-0.2, -0.15) is 0 Å². The van der Waals surface area contributed by atoms with Gasteiger partial charge in [0, 0.05) is 6.04 Å². The van der Waals surface area contributed by atoms with Gasteiger partial charge < -0.3 is 5.32 Å². The molecule has 1 heteroatoms. The van der Waals surface area contributed by atoms with Crippen molar-refractivity contribution in [2.24, 2.45) is 0 Å². The van der Waals surface area contributed by atoms with Crippen LogP contribution in [0.1, 0.15) is 43.4 Å². The zero-order valence-electron chi connectivity index (χ0n) is 23.7. The van der Waals surface area contributed by atoms with Gasteiger partial charge in [-0.1, -0.05) is 128 Å². The molecule has 0 spiro atoms. The Kier molecular flexibility index (Phi) is 9.06. The van der Waals surface area contributed by atoms with Crippen LogP contribution >= 0.6 is 0 Å². The monoisotopic (exact) mass is 521 g/mol. The highest BCUT2D eigenvalue weighted by Gasteiger charge is 2.05. The first-order valence-electron chi connectivity index (χ1n) is 14.4. The summed E-state index contributed by atoms with van der Waals surface area (Å²) in [6.45, 7) is 9.72. The van der Waals surface area contributed by atoms with E-state index in [9.17, 15) is 0 Å². The van der Waals surface area contributed by atoms with E-state index in [1.807, 2.05) is 18.2 Å². The summed E-state index contributed by atoms with van der Waals surface area (Å²) in [5, 5.41) is 8.09. The third-order valence-corrected chi connectivity index (χ3v) is 7.73. The van der Waals surface area contributed by atoms with Crippen molar-refractivity contribution in [3.8, 4) is 11.1 Å². The van der Waals surface area contributed by atoms with Crippen LogP contribution in [0.5, 0.6) is 0 Å². The van der Waals surface area contributed by atoms with Crippen molar-refractivity contribution < 1.29 is 0 Å². The third kappa shape index (κ3) is 7.25. The second-order valence-corrected chi connectivity index (χ2v) is 10.8. The SMILES string of the molecule is C=c1cccc/c1=C/C=C(\C)c1ccc(Cc2ccc(-c3ccc4ccccc4c3)cc2)cc1.C[C@@H]1CCCN1. The molecule has 0 radical (unpaired) electrons. The predicted octanol–water partition coefficient (Wildman–Crippen LogP) is 8.15. The van der Waals surface area contributed by atoms with E-state index in [-0.39, 0.29) is 0 Å². The maximum atomic E-state index is 4.10. The molecule has 0 aliphatic carbocycles. The number of hydrogen-bond donors (Lipinski definition) is 1. The predicted molar refractivity (Wildman–Crippen MR) is 175 cm³/mol. The fraction of sp³-hybridized carbons (Fsp3) is 0.179. The molecule has 1 saturated heterocycles. The van der Waals surface area contributed by atoms with Crippen molar-refractivity contribution in [3.63, 3.8) is 0 Å². The van der Waals surface area contributed by atoms with E-state index in [1.165, 1.54) is 63.5 Å². The molecular weight excluding hydrogens is 482 g/mol. The molecule has 0 saturated carbocycles. The maximum absolute atomic E-state index is 4.10. The lowest BCUT2D eigenvalue weighted by atomic mass is 9.97. The van der Waals surface area contributed by atoms with Crippen molar-refractivity contribution in [2.75, 3.05) is 6.54 Å². The van der Waals surface area contributed by atoms with Gasteiger partial charge in [-0.3, -0.25) is 0 Å². The molecule has 40 heavy (non-hydrogen) atoms. The second kappa shape index (κ2) is 13.2. The molecule has 1 nitrogen and oxygen atoms in total. The second-order valence-electron chi connectivity index (χ2n) is 10.8. The summed E-state index contributed by atoms with van der Waals surface area (Å²) in [7, 11) is 0. The number of fused-ring (bicyclic) bond motifs is 1. The molecule has 5 aromatic rings. The van der Waals surface area contributed by atoms with Crippen LogP contribution in [-0.2, 0) is 6.42 Å². The Morgan fingerprint density at radius 3 is 2.08 bits per heavy atom. The molecule has 1 aliphatic rings. The molecule has 200 valence electrons. The maximum Gasteiger partial charge on any atom is 0.00391 e. The Bertz CT molecular complexity index is 1690. The van der Waals surface area contributed by atoms with Crippen molar-refractivity contribution in [2.45, 2.75) is 39.2 Å². The molecule has 1 aliphatic heterocycles. The molecule has 1 atom stereocenters. The summed E-state index contributed by atoms with van der Waals surface area (Å²) < 4.78 is 0. The lowest BCUT2D eigenvalue weighted by Crippen LogP contribution is -2.21. The first-order valence-corrected chi connectivity index (χ1v) is 14.4. The lowest BCUT2D eigenvalue weighted by Gasteiger charge is -2.08. The Balaban J connectivity index is 0.000000477. The normalized spacial score (nSPS) is 15.6. The van der Waals surface area contributed by atoms with Gasteiger partial charge in [0.2, 0.25) is 0 Å². The van der Waals surface area contributed by atoms with Gasteiger partial charge in [0.05, 0.1) is 0 Å². The summed E-state index contributed by atoms with van der Waals surface area (Å²) in [4.78, 5) is 0. The van der Waals surface area contributed by atoms with E-state index < -0.39 is 0 Å². The lowest BCUT2D eigenvalue weighted by molar-refractivity contribution is 0.664. The van der Waals surface area contributed by atoms with Crippen LogP contribution in [0.2, 0.25) is 0 Å². The van der Waals surface area contributed by atoms with Crippen LogP contribution in [0.25, 0.3) is 40.1 Å². The van der Waals surface area contributed by atoms with Crippen LogP contribution in [0.4, 0.5) is 0 Å². The van der Waals surface area contributed by atoms with Crippen LogP contribution < -0.4 is 15.8 Å². The minimum absolute atomic E-state index is 0.796.